The number of nitrogens with one attached hydrogen (secondary N) is 3. The van der Waals surface area contributed by atoms with Crippen LogP contribution in [0.5, 0.6) is 0 Å². The first kappa shape index (κ1) is 74.3. The molecule has 0 aliphatic heterocycles. The van der Waals surface area contributed by atoms with Crippen molar-refractivity contribution in [2.75, 3.05) is 19.6 Å². The van der Waals surface area contributed by atoms with Gasteiger partial charge in [-0.05, 0) is 179 Å². The summed E-state index contributed by atoms with van der Waals surface area (Å²) in [6.45, 7) is 5.57. The number of benzene rings is 5. The monoisotopic (exact) mass is 1290 g/mol. The van der Waals surface area contributed by atoms with Crippen molar-refractivity contribution < 1.29 is 41.9 Å². The van der Waals surface area contributed by atoms with Crippen molar-refractivity contribution in [1.82, 2.24) is 30.9 Å². The number of nitrogens with two attached hydrogens (primary N) is 6. The molecule has 3 aromatic heterocycles. The van der Waals surface area contributed by atoms with Crippen LogP contribution in [-0.4, -0.2) is 106 Å². The maximum Gasteiger partial charge on any atom is 0.416 e. The topological polar surface area (TPSA) is 333 Å². The largest absolute Gasteiger partial charge is 0.416 e. The molecule has 21 heteroatoms. The molecule has 0 unspecified atom stereocenters. The number of Topliss-reactive ketones (excluding diaryl/α,β-unsaturated/α-hetero) is 3. The number of ketones is 3. The van der Waals surface area contributed by atoms with E-state index in [0.29, 0.717) is 101 Å². The Morgan fingerprint density at radius 3 is 1.27 bits per heavy atom. The average Bonchev–Trinajstić information content (AvgIpc) is 0.970. The van der Waals surface area contributed by atoms with E-state index in [1.54, 1.807) is 18.6 Å². The van der Waals surface area contributed by atoms with Gasteiger partial charge in [0.05, 0.1) is 58.4 Å². The van der Waals surface area contributed by atoms with Crippen molar-refractivity contribution in [3.63, 3.8) is 0 Å². The highest BCUT2D eigenvalue weighted by Crippen LogP contribution is 2.29. The number of aryl methyl sites for hydroxylation is 2. The molecule has 0 fully saturated rings. The van der Waals surface area contributed by atoms with Gasteiger partial charge in [-0.1, -0.05) is 111 Å². The quantitative estimate of drug-likeness (QED) is 0.0186. The average molecular weight is 1290 g/mol. The number of rotatable bonds is 33. The van der Waals surface area contributed by atoms with E-state index in [1.165, 1.54) is 12.1 Å². The van der Waals surface area contributed by atoms with Gasteiger partial charge < -0.3 is 50.4 Å². The van der Waals surface area contributed by atoms with Gasteiger partial charge in [0.25, 0.3) is 0 Å². The molecule has 18 nitrogen and oxygen atoms in total. The first-order chi connectivity index (χ1) is 45.1. The van der Waals surface area contributed by atoms with Crippen LogP contribution in [0, 0.1) is 5.92 Å². The molecule has 8 rings (SSSR count). The number of fused-ring (bicyclic) bond motifs is 3. The summed E-state index contributed by atoms with van der Waals surface area (Å²) in [5.74, 6) is -0.885. The maximum atomic E-state index is 13.2. The molecule has 0 bridgehead atoms. The van der Waals surface area contributed by atoms with E-state index in [0.717, 1.165) is 68.0 Å². The highest BCUT2D eigenvalue weighted by molar-refractivity contribution is 5.94. The van der Waals surface area contributed by atoms with E-state index in [1.807, 2.05) is 121 Å². The molecular weight excluding hydrogens is 1200 g/mol. The summed E-state index contributed by atoms with van der Waals surface area (Å²) in [6.07, 6.45) is 7.70. The van der Waals surface area contributed by atoms with Crippen LogP contribution in [0.4, 0.5) is 13.2 Å². The number of pyridine rings is 3. The summed E-state index contributed by atoms with van der Waals surface area (Å²) in [7, 11) is 0. The third-order valence-corrected chi connectivity index (χ3v) is 16.0. The van der Waals surface area contributed by atoms with E-state index in [-0.39, 0.29) is 54.8 Å². The molecule has 8 aromatic rings. The number of aromatic nitrogens is 3. The van der Waals surface area contributed by atoms with Crippen LogP contribution in [0.1, 0.15) is 111 Å². The minimum absolute atomic E-state index is 0.0166. The van der Waals surface area contributed by atoms with E-state index < -0.39 is 53.9 Å². The first-order valence-electron chi connectivity index (χ1n) is 32.2. The minimum Gasteiger partial charge on any atom is -0.345 e. The fourth-order valence-corrected chi connectivity index (χ4v) is 10.4. The molecule has 0 radical (unpaired) electrons. The van der Waals surface area contributed by atoms with Crippen molar-refractivity contribution in [1.29, 1.82) is 0 Å². The molecule has 3 amide bonds. The fraction of sp³-hybridized carbons (Fsp3) is 0.384. The van der Waals surface area contributed by atoms with Crippen molar-refractivity contribution in [3.05, 3.63) is 198 Å². The van der Waals surface area contributed by atoms with Gasteiger partial charge >= 0.3 is 6.18 Å². The third-order valence-electron chi connectivity index (χ3n) is 16.0. The highest BCUT2D eigenvalue weighted by atomic mass is 19.4. The lowest BCUT2D eigenvalue weighted by Gasteiger charge is -2.21. The molecule has 94 heavy (non-hydrogen) atoms. The summed E-state index contributed by atoms with van der Waals surface area (Å²) in [5, 5.41) is 11.4. The van der Waals surface area contributed by atoms with Crippen LogP contribution in [0.25, 0.3) is 32.7 Å². The second kappa shape index (κ2) is 38.5. The maximum absolute atomic E-state index is 13.2. The zero-order valence-electron chi connectivity index (χ0n) is 53.7. The lowest BCUT2D eigenvalue weighted by atomic mass is 9.96. The Hall–Kier alpha value is -8.70. The first-order valence-corrected chi connectivity index (χ1v) is 32.2. The number of hydrogen-bond donors (Lipinski definition) is 9. The smallest absolute Gasteiger partial charge is 0.345 e. The Balaban J connectivity index is 0.000000225. The second-order valence-electron chi connectivity index (χ2n) is 24.1. The molecule has 0 spiro atoms. The molecule has 3 heterocycles. The minimum atomic E-state index is -4.42. The van der Waals surface area contributed by atoms with E-state index in [2.05, 4.69) is 44.7 Å². The molecule has 500 valence electrons. The van der Waals surface area contributed by atoms with Gasteiger partial charge in [-0.3, -0.25) is 43.7 Å². The predicted molar refractivity (Wildman–Crippen MR) is 365 cm³/mol. The van der Waals surface area contributed by atoms with Crippen molar-refractivity contribution in [2.24, 2.45) is 40.3 Å². The molecule has 6 atom stereocenters. The molecular formula is C73H91F3N12O6. The van der Waals surface area contributed by atoms with Crippen molar-refractivity contribution >= 4 is 67.8 Å². The van der Waals surface area contributed by atoms with Gasteiger partial charge in [-0.15, -0.1) is 0 Å². The number of amides is 3. The van der Waals surface area contributed by atoms with Crippen LogP contribution < -0.4 is 50.4 Å². The number of carbonyl (C=O) groups excluding carboxylic acids is 6. The number of nitrogens with zero attached hydrogens (tertiary/aromatic N) is 3. The molecule has 0 saturated carbocycles. The van der Waals surface area contributed by atoms with Crippen LogP contribution in [-0.2, 0) is 67.0 Å². The Bertz CT molecular complexity index is 3710. The van der Waals surface area contributed by atoms with Gasteiger partial charge in [-0.25, -0.2) is 0 Å². The van der Waals surface area contributed by atoms with Crippen molar-refractivity contribution in [2.45, 2.75) is 153 Å². The van der Waals surface area contributed by atoms with Crippen LogP contribution in [0.3, 0.4) is 0 Å². The van der Waals surface area contributed by atoms with Crippen LogP contribution >= 0.6 is 0 Å². The molecule has 0 saturated heterocycles. The molecule has 5 aromatic carbocycles. The number of para-hydroxylation sites is 2. The van der Waals surface area contributed by atoms with E-state index >= 15 is 0 Å². The molecule has 0 aliphatic rings. The number of halogens is 3. The SMILES string of the molecule is CC(C)CC[C@@H](NC(=O)[C@@H](N)CCCN)C(=O)Cc1cnc2ccccc2c1.NCCC[C@H](N)C(=O)N[C@H](CCc1ccc(C(F)(F)F)cc1)C(=O)Cc1cnc2ccccc2c1.NCCC[C@H](N)C(=O)N[C@H](CCc1ccccc1)C(=O)Cc1ccc2cccnc2c1. The normalized spacial score (nSPS) is 13.3. The highest BCUT2D eigenvalue weighted by Gasteiger charge is 2.31. The zero-order chi connectivity index (χ0) is 68.0. The second-order valence-corrected chi connectivity index (χ2v) is 24.1. The van der Waals surface area contributed by atoms with Gasteiger partial charge in [-0.2, -0.15) is 13.2 Å². The Kier molecular flexibility index (Phi) is 30.4. The zero-order valence-corrected chi connectivity index (χ0v) is 53.7. The lowest BCUT2D eigenvalue weighted by molar-refractivity contribution is -0.137. The van der Waals surface area contributed by atoms with E-state index in [9.17, 15) is 41.9 Å². The predicted octanol–water partition coefficient (Wildman–Crippen LogP) is 8.41. The number of hydrogen-bond acceptors (Lipinski definition) is 15. The Labute approximate surface area is 548 Å². The van der Waals surface area contributed by atoms with Gasteiger partial charge in [0, 0.05) is 54.0 Å². The standard InChI is InChI=1S/C26H29F3N4O2.C25H30N4O2.C22H32N4O2/c27-26(28,29)20-10-7-17(8-11-20)9-12-23(33-25(35)21(31)5-3-13-30)24(34)15-18-14-19-4-1-2-6-22(19)32-16-18;26-14-4-9-21(27)25(31)29-22(13-11-18-6-2-1-3-7-18)24(30)17-19-10-12-20-8-5-15-28-23(20)16-19;1-15(2)9-10-20(26-22(28)18(24)7-5-11-23)21(27)13-16-12-17-6-3-4-8-19(17)25-14-16/h1-2,4,6-8,10-11,14,16,21,23H,3,5,9,12-13,15,30-31H2,(H,33,35);1-3,5-8,10,12,15-16,21-22H,4,9,11,13-14,17,26-27H2,(H,29,31);3-4,6,8,12,14-15,18,20H,5,7,9-11,13,23-24H2,1-2H3,(H,26,28)/t21-,23+;21-,22+;18-,20+/m000/s1. The van der Waals surface area contributed by atoms with Gasteiger partial charge in [0.2, 0.25) is 17.7 Å². The van der Waals surface area contributed by atoms with Gasteiger partial charge in [0.1, 0.15) is 0 Å². The lowest BCUT2D eigenvalue weighted by Crippen LogP contribution is -2.49. The molecule has 0 aliphatic carbocycles. The number of alkyl halides is 3. The fourth-order valence-electron chi connectivity index (χ4n) is 10.4. The summed E-state index contributed by atoms with van der Waals surface area (Å²) in [4.78, 5) is 90.0. The van der Waals surface area contributed by atoms with Crippen LogP contribution in [0.2, 0.25) is 0 Å². The van der Waals surface area contributed by atoms with Crippen LogP contribution in [0.15, 0.2) is 164 Å². The number of carbonyl (C=O) groups is 6. The summed E-state index contributed by atoms with van der Waals surface area (Å²) in [6, 6.07) is 39.5. The third kappa shape index (κ3) is 25.0. The van der Waals surface area contributed by atoms with E-state index in [4.69, 9.17) is 34.4 Å². The van der Waals surface area contributed by atoms with Gasteiger partial charge in [0.15, 0.2) is 17.3 Å². The molecule has 15 N–H and O–H groups in total. The summed E-state index contributed by atoms with van der Waals surface area (Å²) in [5.41, 5.74) is 40.3. The summed E-state index contributed by atoms with van der Waals surface area (Å²) < 4.78 is 38.5. The Morgan fingerprint density at radius 2 is 0.819 bits per heavy atom. The Morgan fingerprint density at radius 1 is 0.415 bits per heavy atom. The van der Waals surface area contributed by atoms with Crippen molar-refractivity contribution in [3.8, 4) is 0 Å². The summed E-state index contributed by atoms with van der Waals surface area (Å²) >= 11 is 0.